The molecule has 6 heteroatoms. The van der Waals surface area contributed by atoms with Gasteiger partial charge in [-0.25, -0.2) is 9.97 Å². The van der Waals surface area contributed by atoms with Crippen molar-refractivity contribution in [2.24, 2.45) is 0 Å². The lowest BCUT2D eigenvalue weighted by Gasteiger charge is -2.16. The Hall–Kier alpha value is -1.70. The van der Waals surface area contributed by atoms with Crippen LogP contribution in [0.3, 0.4) is 0 Å². The SMILES string of the molecule is Cc1nc(N)nc(-c2ccccc2I)c1C(=O)N(C)C. The number of carbonyl (C=O) groups excluding carboxylic acids is 1. The third-order valence-electron chi connectivity index (χ3n) is 2.86. The molecule has 0 bridgehead atoms. The van der Waals surface area contributed by atoms with Gasteiger partial charge in [-0.3, -0.25) is 4.79 Å². The van der Waals surface area contributed by atoms with Gasteiger partial charge in [-0.2, -0.15) is 0 Å². The van der Waals surface area contributed by atoms with Crippen molar-refractivity contribution in [3.8, 4) is 11.3 Å². The van der Waals surface area contributed by atoms with Crippen LogP contribution in [0.4, 0.5) is 5.95 Å². The molecule has 0 saturated carbocycles. The summed E-state index contributed by atoms with van der Waals surface area (Å²) in [7, 11) is 3.41. The van der Waals surface area contributed by atoms with Crippen molar-refractivity contribution in [2.75, 3.05) is 19.8 Å². The van der Waals surface area contributed by atoms with Crippen molar-refractivity contribution in [1.29, 1.82) is 0 Å². The molecule has 2 aromatic rings. The Morgan fingerprint density at radius 2 is 1.90 bits per heavy atom. The molecule has 1 amide bonds. The van der Waals surface area contributed by atoms with Crippen LogP contribution in [0.15, 0.2) is 24.3 Å². The van der Waals surface area contributed by atoms with Gasteiger partial charge in [0, 0.05) is 23.2 Å². The molecule has 0 saturated heterocycles. The lowest BCUT2D eigenvalue weighted by Crippen LogP contribution is -2.24. The first-order chi connectivity index (χ1) is 9.41. The molecule has 0 aliphatic carbocycles. The number of benzene rings is 1. The second-order valence-electron chi connectivity index (χ2n) is 4.57. The quantitative estimate of drug-likeness (QED) is 0.810. The third-order valence-corrected chi connectivity index (χ3v) is 3.80. The summed E-state index contributed by atoms with van der Waals surface area (Å²) in [6.45, 7) is 1.77. The van der Waals surface area contributed by atoms with Crippen molar-refractivity contribution in [3.05, 3.63) is 39.1 Å². The predicted octanol–water partition coefficient (Wildman–Crippen LogP) is 2.34. The number of halogens is 1. The summed E-state index contributed by atoms with van der Waals surface area (Å²) in [6, 6.07) is 7.74. The second kappa shape index (κ2) is 5.74. The first-order valence-electron chi connectivity index (χ1n) is 6.02. The molecule has 0 fully saturated rings. The van der Waals surface area contributed by atoms with E-state index < -0.39 is 0 Å². The largest absolute Gasteiger partial charge is 0.368 e. The summed E-state index contributed by atoms with van der Waals surface area (Å²) in [5.74, 6) is 0.0459. The second-order valence-corrected chi connectivity index (χ2v) is 5.73. The Bertz CT molecular complexity index is 670. The van der Waals surface area contributed by atoms with Crippen LogP contribution in [0, 0.1) is 10.5 Å². The smallest absolute Gasteiger partial charge is 0.257 e. The molecule has 2 N–H and O–H groups in total. The van der Waals surface area contributed by atoms with E-state index in [-0.39, 0.29) is 11.9 Å². The lowest BCUT2D eigenvalue weighted by atomic mass is 10.0. The van der Waals surface area contributed by atoms with Crippen LogP contribution in [0.25, 0.3) is 11.3 Å². The molecule has 0 aliphatic rings. The molecule has 1 aromatic carbocycles. The van der Waals surface area contributed by atoms with Crippen molar-refractivity contribution in [2.45, 2.75) is 6.92 Å². The molecule has 104 valence electrons. The van der Waals surface area contributed by atoms with Gasteiger partial charge >= 0.3 is 0 Å². The Morgan fingerprint density at radius 3 is 2.50 bits per heavy atom. The number of carbonyl (C=O) groups is 1. The Balaban J connectivity index is 2.75. The average Bonchev–Trinajstić information content (AvgIpc) is 2.37. The summed E-state index contributed by atoms with van der Waals surface area (Å²) in [5.41, 5.74) is 8.29. The number of hydrogen-bond acceptors (Lipinski definition) is 4. The highest BCUT2D eigenvalue weighted by atomic mass is 127. The van der Waals surface area contributed by atoms with Crippen LogP contribution in [0.5, 0.6) is 0 Å². The van der Waals surface area contributed by atoms with Crippen LogP contribution in [-0.2, 0) is 0 Å². The highest BCUT2D eigenvalue weighted by Gasteiger charge is 2.21. The fourth-order valence-corrected chi connectivity index (χ4v) is 2.57. The molecule has 1 aromatic heterocycles. The molecule has 0 unspecified atom stereocenters. The summed E-state index contributed by atoms with van der Waals surface area (Å²) in [5, 5.41) is 0. The van der Waals surface area contributed by atoms with E-state index in [0.29, 0.717) is 17.0 Å². The Labute approximate surface area is 131 Å². The fraction of sp³-hybridized carbons (Fsp3) is 0.214. The summed E-state index contributed by atoms with van der Waals surface area (Å²) in [6.07, 6.45) is 0. The standard InChI is InChI=1S/C14H15IN4O/c1-8-11(13(20)19(2)3)12(18-14(16)17-8)9-6-4-5-7-10(9)15/h4-7H,1-3H3,(H2,16,17,18). The first kappa shape index (κ1) is 14.7. The number of hydrogen-bond donors (Lipinski definition) is 1. The minimum absolute atomic E-state index is 0.128. The zero-order valence-corrected chi connectivity index (χ0v) is 13.7. The number of anilines is 1. The van der Waals surface area contributed by atoms with Crippen LogP contribution >= 0.6 is 22.6 Å². The molecule has 1 heterocycles. The molecular weight excluding hydrogens is 367 g/mol. The van der Waals surface area contributed by atoms with E-state index in [1.165, 1.54) is 4.90 Å². The van der Waals surface area contributed by atoms with Crippen molar-refractivity contribution in [3.63, 3.8) is 0 Å². The van der Waals surface area contributed by atoms with E-state index in [1.54, 1.807) is 21.0 Å². The number of aromatic nitrogens is 2. The molecule has 20 heavy (non-hydrogen) atoms. The number of nitrogens with zero attached hydrogens (tertiary/aromatic N) is 3. The predicted molar refractivity (Wildman–Crippen MR) is 87.4 cm³/mol. The number of aryl methyl sites for hydroxylation is 1. The summed E-state index contributed by atoms with van der Waals surface area (Å²) < 4.78 is 1.01. The Morgan fingerprint density at radius 1 is 1.25 bits per heavy atom. The van der Waals surface area contributed by atoms with E-state index in [9.17, 15) is 4.79 Å². The zero-order chi connectivity index (χ0) is 14.9. The van der Waals surface area contributed by atoms with E-state index in [4.69, 9.17) is 5.73 Å². The van der Waals surface area contributed by atoms with Gasteiger partial charge in [0.2, 0.25) is 5.95 Å². The molecule has 0 spiro atoms. The van der Waals surface area contributed by atoms with Gasteiger partial charge in [-0.15, -0.1) is 0 Å². The number of rotatable bonds is 2. The van der Waals surface area contributed by atoms with Crippen molar-refractivity contribution < 1.29 is 4.79 Å². The minimum Gasteiger partial charge on any atom is -0.368 e. The Kier molecular flexibility index (Phi) is 4.22. The summed E-state index contributed by atoms with van der Waals surface area (Å²) >= 11 is 2.22. The molecule has 0 aliphatic heterocycles. The van der Waals surface area contributed by atoms with Crippen LogP contribution < -0.4 is 5.73 Å². The third kappa shape index (κ3) is 2.74. The van der Waals surface area contributed by atoms with Crippen molar-refractivity contribution in [1.82, 2.24) is 14.9 Å². The van der Waals surface area contributed by atoms with Crippen molar-refractivity contribution >= 4 is 34.4 Å². The molecule has 2 rings (SSSR count). The van der Waals surface area contributed by atoms with E-state index >= 15 is 0 Å². The van der Waals surface area contributed by atoms with Gasteiger partial charge in [0.25, 0.3) is 5.91 Å². The van der Waals surface area contributed by atoms with E-state index in [2.05, 4.69) is 32.6 Å². The number of amides is 1. The molecule has 5 nitrogen and oxygen atoms in total. The topological polar surface area (TPSA) is 72.1 Å². The average molecular weight is 382 g/mol. The van der Waals surface area contributed by atoms with E-state index in [1.807, 2.05) is 24.3 Å². The maximum atomic E-state index is 12.4. The van der Waals surface area contributed by atoms with Crippen LogP contribution in [0.1, 0.15) is 16.1 Å². The van der Waals surface area contributed by atoms with Gasteiger partial charge in [-0.05, 0) is 35.6 Å². The summed E-state index contributed by atoms with van der Waals surface area (Å²) in [4.78, 5) is 22.3. The highest BCUT2D eigenvalue weighted by molar-refractivity contribution is 14.1. The van der Waals surface area contributed by atoms with Gasteiger partial charge in [0.05, 0.1) is 17.0 Å². The molecule has 0 radical (unpaired) electrons. The fourth-order valence-electron chi connectivity index (χ4n) is 1.92. The minimum atomic E-state index is -0.128. The number of nitrogen functional groups attached to an aromatic ring is 1. The maximum Gasteiger partial charge on any atom is 0.257 e. The molecule has 0 atom stereocenters. The van der Waals surface area contributed by atoms with Gasteiger partial charge in [0.15, 0.2) is 0 Å². The van der Waals surface area contributed by atoms with Gasteiger partial charge in [-0.1, -0.05) is 18.2 Å². The highest BCUT2D eigenvalue weighted by Crippen LogP contribution is 2.28. The van der Waals surface area contributed by atoms with Crippen LogP contribution in [-0.4, -0.2) is 34.9 Å². The van der Waals surface area contributed by atoms with Crippen LogP contribution in [0.2, 0.25) is 0 Å². The van der Waals surface area contributed by atoms with E-state index in [0.717, 1.165) is 9.13 Å². The first-order valence-corrected chi connectivity index (χ1v) is 7.10. The number of nitrogens with two attached hydrogens (primary N) is 1. The zero-order valence-electron chi connectivity index (χ0n) is 11.5. The van der Waals surface area contributed by atoms with Gasteiger partial charge in [0.1, 0.15) is 0 Å². The van der Waals surface area contributed by atoms with Gasteiger partial charge < -0.3 is 10.6 Å². The maximum absolute atomic E-state index is 12.4. The molecular formula is C14H15IN4O. The monoisotopic (exact) mass is 382 g/mol. The lowest BCUT2D eigenvalue weighted by molar-refractivity contribution is 0.0827. The normalized spacial score (nSPS) is 10.4.